The molecule has 37 heavy (non-hydrogen) atoms. The third-order valence-electron chi connectivity index (χ3n) is 5.64. The van der Waals surface area contributed by atoms with Crippen LogP contribution in [0.2, 0.25) is 0 Å². The number of benzene rings is 2. The van der Waals surface area contributed by atoms with Crippen LogP contribution in [0.4, 0.5) is 0 Å². The summed E-state index contributed by atoms with van der Waals surface area (Å²) in [7, 11) is 3.17. The summed E-state index contributed by atoms with van der Waals surface area (Å²) in [6, 6.07) is 15.3. The smallest absolute Gasteiger partial charge is 0.294 e. The summed E-state index contributed by atoms with van der Waals surface area (Å²) in [6.07, 6.45) is 4.84. The summed E-state index contributed by atoms with van der Waals surface area (Å²) in [5, 5.41) is 14.6. The number of nitrogens with zero attached hydrogens (tertiary/aromatic N) is 6. The number of aromatic nitrogens is 5. The number of rotatable bonds is 7. The zero-order valence-corrected chi connectivity index (χ0v) is 20.5. The highest BCUT2D eigenvalue weighted by molar-refractivity contribution is 7.18. The highest BCUT2D eigenvalue weighted by Gasteiger charge is 2.17. The van der Waals surface area contributed by atoms with Gasteiger partial charge in [-0.25, -0.2) is 14.5 Å². The van der Waals surface area contributed by atoms with Gasteiger partial charge < -0.3 is 18.6 Å². The second-order valence-electron chi connectivity index (χ2n) is 7.96. The first-order valence-corrected chi connectivity index (χ1v) is 11.9. The standard InChI is InChI=1S/C26H18N6O4S/c1-33-18-7-22(35-14-15-4-3-5-16(6-15)20-12-28-17(10-27)11-29-20)19-9-24(36-23(19)8-18)21-13-32-25(30-21)37-26(31-32)34-2/h3-9,11-13H,14H2,1-2H3. The molecule has 0 saturated carbocycles. The second kappa shape index (κ2) is 9.25. The molecule has 182 valence electrons. The predicted molar refractivity (Wildman–Crippen MR) is 136 cm³/mol. The Morgan fingerprint density at radius 2 is 1.97 bits per heavy atom. The maximum Gasteiger partial charge on any atom is 0.294 e. The Morgan fingerprint density at radius 1 is 1.05 bits per heavy atom. The molecule has 0 bridgehead atoms. The molecule has 0 N–H and O–H groups in total. The Balaban J connectivity index is 1.29. The van der Waals surface area contributed by atoms with Gasteiger partial charge in [0.25, 0.3) is 5.19 Å². The molecule has 4 aromatic heterocycles. The normalized spacial score (nSPS) is 11.1. The van der Waals surface area contributed by atoms with E-state index in [1.807, 2.05) is 48.5 Å². The molecular formula is C26H18N6O4S. The highest BCUT2D eigenvalue weighted by Crippen LogP contribution is 2.37. The van der Waals surface area contributed by atoms with Crippen molar-refractivity contribution in [1.82, 2.24) is 24.6 Å². The lowest BCUT2D eigenvalue weighted by molar-refractivity contribution is 0.307. The minimum absolute atomic E-state index is 0.274. The van der Waals surface area contributed by atoms with Crippen molar-refractivity contribution in [2.75, 3.05) is 14.2 Å². The largest absolute Gasteiger partial charge is 0.496 e. The van der Waals surface area contributed by atoms with Crippen LogP contribution in [0.25, 0.3) is 38.6 Å². The number of hydrogen-bond acceptors (Lipinski definition) is 10. The van der Waals surface area contributed by atoms with Crippen molar-refractivity contribution in [3.63, 3.8) is 0 Å². The summed E-state index contributed by atoms with van der Waals surface area (Å²) in [4.78, 5) is 13.7. The first-order valence-electron chi connectivity index (χ1n) is 11.1. The van der Waals surface area contributed by atoms with Crippen LogP contribution in [0.3, 0.4) is 0 Å². The van der Waals surface area contributed by atoms with Crippen molar-refractivity contribution < 1.29 is 18.6 Å². The van der Waals surface area contributed by atoms with E-state index >= 15 is 0 Å². The van der Waals surface area contributed by atoms with Gasteiger partial charge in [-0.05, 0) is 29.0 Å². The number of nitriles is 1. The number of methoxy groups -OCH3 is 2. The maximum absolute atomic E-state index is 8.95. The van der Waals surface area contributed by atoms with Gasteiger partial charge in [0.05, 0.1) is 43.9 Å². The molecule has 0 aliphatic rings. The lowest BCUT2D eigenvalue weighted by Crippen LogP contribution is -1.97. The lowest BCUT2D eigenvalue weighted by Gasteiger charge is -2.10. The van der Waals surface area contributed by atoms with Gasteiger partial charge in [0.1, 0.15) is 35.5 Å². The van der Waals surface area contributed by atoms with Crippen LogP contribution in [0.15, 0.2) is 65.5 Å². The maximum atomic E-state index is 8.95. The predicted octanol–water partition coefficient (Wildman–Crippen LogP) is 5.13. The first-order chi connectivity index (χ1) is 18.1. The van der Waals surface area contributed by atoms with Crippen LogP contribution < -0.4 is 14.2 Å². The average Bonchev–Trinajstić information content (AvgIpc) is 3.65. The fourth-order valence-corrected chi connectivity index (χ4v) is 4.55. The molecule has 0 amide bonds. The van der Waals surface area contributed by atoms with E-state index in [4.69, 9.17) is 23.9 Å². The van der Waals surface area contributed by atoms with Gasteiger partial charge in [-0.15, -0.1) is 5.10 Å². The fourth-order valence-electron chi connectivity index (χ4n) is 3.85. The third-order valence-corrected chi connectivity index (χ3v) is 6.53. The Hall–Kier alpha value is -4.95. The van der Waals surface area contributed by atoms with E-state index in [1.165, 1.54) is 17.5 Å². The molecular weight excluding hydrogens is 492 g/mol. The van der Waals surface area contributed by atoms with Gasteiger partial charge >= 0.3 is 0 Å². The van der Waals surface area contributed by atoms with Gasteiger partial charge in [0.2, 0.25) is 4.96 Å². The van der Waals surface area contributed by atoms with Gasteiger partial charge in [-0.2, -0.15) is 5.26 Å². The van der Waals surface area contributed by atoms with Crippen molar-refractivity contribution in [1.29, 1.82) is 5.26 Å². The number of imidazole rings is 1. The van der Waals surface area contributed by atoms with E-state index < -0.39 is 0 Å². The zero-order valence-electron chi connectivity index (χ0n) is 19.7. The molecule has 0 unspecified atom stereocenters. The van der Waals surface area contributed by atoms with E-state index in [9.17, 15) is 0 Å². The Bertz CT molecular complexity index is 1750. The molecule has 2 aromatic carbocycles. The van der Waals surface area contributed by atoms with Crippen LogP contribution in [-0.4, -0.2) is 38.8 Å². The fraction of sp³-hybridized carbons (Fsp3) is 0.115. The molecule has 6 rings (SSSR count). The first kappa shape index (κ1) is 22.5. The summed E-state index contributed by atoms with van der Waals surface area (Å²) < 4.78 is 24.6. The van der Waals surface area contributed by atoms with Gasteiger partial charge in [0, 0.05) is 17.7 Å². The molecule has 11 heteroatoms. The van der Waals surface area contributed by atoms with Crippen LogP contribution >= 0.6 is 11.3 Å². The Morgan fingerprint density at radius 3 is 2.73 bits per heavy atom. The minimum atomic E-state index is 0.274. The molecule has 0 aliphatic heterocycles. The zero-order chi connectivity index (χ0) is 25.4. The van der Waals surface area contributed by atoms with E-state index in [0.29, 0.717) is 51.0 Å². The summed E-state index contributed by atoms with van der Waals surface area (Å²) in [6.45, 7) is 0.310. The number of ether oxygens (including phenoxy) is 3. The van der Waals surface area contributed by atoms with Crippen LogP contribution in [-0.2, 0) is 6.61 Å². The van der Waals surface area contributed by atoms with Crippen molar-refractivity contribution in [2.45, 2.75) is 6.61 Å². The van der Waals surface area contributed by atoms with Crippen LogP contribution in [0, 0.1) is 11.3 Å². The van der Waals surface area contributed by atoms with Gasteiger partial charge in [-0.1, -0.05) is 18.2 Å². The minimum Gasteiger partial charge on any atom is -0.496 e. The molecule has 4 heterocycles. The van der Waals surface area contributed by atoms with Crippen molar-refractivity contribution in [3.8, 4) is 45.5 Å². The number of hydrogen-bond donors (Lipinski definition) is 0. The highest BCUT2D eigenvalue weighted by atomic mass is 32.1. The molecule has 0 aliphatic carbocycles. The van der Waals surface area contributed by atoms with Crippen molar-refractivity contribution in [2.24, 2.45) is 0 Å². The quantitative estimate of drug-likeness (QED) is 0.288. The van der Waals surface area contributed by atoms with Gasteiger partial charge in [-0.3, -0.25) is 4.98 Å². The monoisotopic (exact) mass is 510 g/mol. The van der Waals surface area contributed by atoms with Crippen LogP contribution in [0.5, 0.6) is 16.7 Å². The van der Waals surface area contributed by atoms with E-state index in [0.717, 1.165) is 16.5 Å². The molecule has 0 fully saturated rings. The van der Waals surface area contributed by atoms with Crippen molar-refractivity contribution >= 4 is 27.3 Å². The van der Waals surface area contributed by atoms with Gasteiger partial charge in [0.15, 0.2) is 11.5 Å². The topological polar surface area (TPSA) is 121 Å². The summed E-state index contributed by atoms with van der Waals surface area (Å²) in [5.41, 5.74) is 4.04. The molecule has 6 aromatic rings. The number of fused-ring (bicyclic) bond motifs is 2. The summed E-state index contributed by atoms with van der Waals surface area (Å²) >= 11 is 1.35. The SMILES string of the molecule is COc1cc(OCc2cccc(-c3cnc(C#N)cn3)c2)c2cc(-c3cn4nc(OC)sc4n3)oc2c1. The van der Waals surface area contributed by atoms with E-state index in [-0.39, 0.29) is 5.69 Å². The molecule has 0 radical (unpaired) electrons. The molecule has 0 atom stereocenters. The van der Waals surface area contributed by atoms with E-state index in [1.54, 1.807) is 31.1 Å². The van der Waals surface area contributed by atoms with Crippen molar-refractivity contribution in [3.05, 3.63) is 72.3 Å². The van der Waals surface area contributed by atoms with Crippen LogP contribution in [0.1, 0.15) is 11.3 Å². The Kier molecular flexibility index (Phi) is 5.63. The molecule has 10 nitrogen and oxygen atoms in total. The third kappa shape index (κ3) is 4.30. The summed E-state index contributed by atoms with van der Waals surface area (Å²) in [5.74, 6) is 1.82. The average molecular weight is 511 g/mol. The molecule has 0 spiro atoms. The van der Waals surface area contributed by atoms with E-state index in [2.05, 4.69) is 20.1 Å². The number of furan rings is 1. The lowest BCUT2D eigenvalue weighted by atomic mass is 10.1. The second-order valence-corrected chi connectivity index (χ2v) is 8.88. The Labute approximate surface area is 214 Å². The molecule has 0 saturated heterocycles.